The van der Waals surface area contributed by atoms with E-state index in [0.29, 0.717) is 11.8 Å². The third-order valence-electron chi connectivity index (χ3n) is 4.11. The zero-order chi connectivity index (χ0) is 14.7. The predicted octanol–water partition coefficient (Wildman–Crippen LogP) is 2.80. The molecule has 0 radical (unpaired) electrons. The van der Waals surface area contributed by atoms with E-state index in [0.717, 1.165) is 23.4 Å². The molecule has 0 aromatic heterocycles. The molecule has 4 nitrogen and oxygen atoms in total. The summed E-state index contributed by atoms with van der Waals surface area (Å²) in [4.78, 5) is 25.4. The maximum absolute atomic E-state index is 12.2. The summed E-state index contributed by atoms with van der Waals surface area (Å²) in [5.74, 6) is 0.354. The molecule has 2 aliphatic rings. The van der Waals surface area contributed by atoms with E-state index >= 15 is 0 Å². The summed E-state index contributed by atoms with van der Waals surface area (Å²) in [6.45, 7) is 0. The highest BCUT2D eigenvalue weighted by atomic mass is 32.2. The lowest BCUT2D eigenvalue weighted by Crippen LogP contribution is -2.36. The van der Waals surface area contributed by atoms with Gasteiger partial charge >= 0.3 is 0 Å². The van der Waals surface area contributed by atoms with Gasteiger partial charge in [0, 0.05) is 23.1 Å². The van der Waals surface area contributed by atoms with E-state index in [-0.39, 0.29) is 24.2 Å². The monoisotopic (exact) mass is 304 g/mol. The Bertz CT molecular complexity index is 541. The van der Waals surface area contributed by atoms with Crippen molar-refractivity contribution in [2.45, 2.75) is 43.0 Å². The molecule has 2 N–H and O–H groups in total. The van der Waals surface area contributed by atoms with Gasteiger partial charge in [0.1, 0.15) is 0 Å². The van der Waals surface area contributed by atoms with E-state index < -0.39 is 0 Å². The molecular weight excluding hydrogens is 284 g/mol. The maximum Gasteiger partial charge on any atom is 0.228 e. The van der Waals surface area contributed by atoms with Crippen LogP contribution in [0.15, 0.2) is 29.2 Å². The number of amides is 2. The van der Waals surface area contributed by atoms with Crippen molar-refractivity contribution in [2.75, 3.05) is 11.1 Å². The first-order chi connectivity index (χ1) is 10.2. The van der Waals surface area contributed by atoms with Gasteiger partial charge in [-0.2, -0.15) is 0 Å². The molecule has 112 valence electrons. The molecule has 1 unspecified atom stereocenters. The molecule has 2 amide bonds. The van der Waals surface area contributed by atoms with Gasteiger partial charge < -0.3 is 10.6 Å². The first-order valence-corrected chi connectivity index (χ1v) is 8.53. The Kier molecular flexibility index (Phi) is 4.48. The van der Waals surface area contributed by atoms with Gasteiger partial charge in [-0.15, -0.1) is 11.8 Å². The van der Waals surface area contributed by atoms with Gasteiger partial charge in [0.15, 0.2) is 0 Å². The lowest BCUT2D eigenvalue weighted by molar-refractivity contribution is -0.127. The molecule has 1 heterocycles. The standard InChI is InChI=1S/C16H20N2O2S/c19-15(17-12-5-1-2-6-12)9-11-10-21-14-8-4-3-7-13(14)18-16(11)20/h3-4,7-8,11-12H,1-2,5-6,9-10H2,(H,17,19)(H,18,20). The van der Waals surface area contributed by atoms with Crippen LogP contribution in [0.25, 0.3) is 0 Å². The Balaban J connectivity index is 1.59. The van der Waals surface area contributed by atoms with Crippen LogP contribution in [0, 0.1) is 5.92 Å². The number of nitrogens with one attached hydrogen (secondary N) is 2. The Morgan fingerprint density at radius 2 is 2.05 bits per heavy atom. The zero-order valence-corrected chi connectivity index (χ0v) is 12.7. The number of hydrogen-bond acceptors (Lipinski definition) is 3. The third kappa shape index (κ3) is 3.59. The minimum Gasteiger partial charge on any atom is -0.353 e. The van der Waals surface area contributed by atoms with Crippen molar-refractivity contribution < 1.29 is 9.59 Å². The van der Waals surface area contributed by atoms with E-state index in [1.165, 1.54) is 12.8 Å². The maximum atomic E-state index is 12.2. The fraction of sp³-hybridized carbons (Fsp3) is 0.500. The molecular formula is C16H20N2O2S. The Labute approximate surface area is 129 Å². The average Bonchev–Trinajstić information content (AvgIpc) is 2.91. The number of fused-ring (bicyclic) bond motifs is 1. The van der Waals surface area contributed by atoms with Crippen LogP contribution in [0.1, 0.15) is 32.1 Å². The second-order valence-electron chi connectivity index (χ2n) is 5.75. The second kappa shape index (κ2) is 6.52. The fourth-order valence-electron chi connectivity index (χ4n) is 2.93. The van der Waals surface area contributed by atoms with Crippen LogP contribution in [0.3, 0.4) is 0 Å². The van der Waals surface area contributed by atoms with E-state index in [2.05, 4.69) is 10.6 Å². The van der Waals surface area contributed by atoms with Crippen molar-refractivity contribution in [1.29, 1.82) is 0 Å². The van der Waals surface area contributed by atoms with Crippen molar-refractivity contribution >= 4 is 29.3 Å². The molecule has 0 saturated heterocycles. The van der Waals surface area contributed by atoms with Gasteiger partial charge in [0.05, 0.1) is 11.6 Å². The number of anilines is 1. The predicted molar refractivity (Wildman–Crippen MR) is 84.3 cm³/mol. The van der Waals surface area contributed by atoms with Crippen molar-refractivity contribution in [3.63, 3.8) is 0 Å². The largest absolute Gasteiger partial charge is 0.353 e. The van der Waals surface area contributed by atoms with Crippen LogP contribution in [0.4, 0.5) is 5.69 Å². The van der Waals surface area contributed by atoms with Gasteiger partial charge in [0.2, 0.25) is 11.8 Å². The quantitative estimate of drug-likeness (QED) is 0.903. The lowest BCUT2D eigenvalue weighted by Gasteiger charge is -2.15. The van der Waals surface area contributed by atoms with E-state index in [4.69, 9.17) is 0 Å². The molecule has 1 aliphatic carbocycles. The Morgan fingerprint density at radius 3 is 2.86 bits per heavy atom. The molecule has 1 atom stereocenters. The Morgan fingerprint density at radius 1 is 1.29 bits per heavy atom. The molecule has 0 spiro atoms. The van der Waals surface area contributed by atoms with Crippen molar-refractivity contribution in [1.82, 2.24) is 5.32 Å². The molecule has 0 bridgehead atoms. The van der Waals surface area contributed by atoms with Crippen LogP contribution in [-0.4, -0.2) is 23.6 Å². The topological polar surface area (TPSA) is 58.2 Å². The Hall–Kier alpha value is -1.49. The SMILES string of the molecule is O=C(CC1CSc2ccccc2NC1=O)NC1CCCC1. The summed E-state index contributed by atoms with van der Waals surface area (Å²) in [5, 5.41) is 5.99. The van der Waals surface area contributed by atoms with Crippen LogP contribution >= 0.6 is 11.8 Å². The van der Waals surface area contributed by atoms with E-state index in [1.54, 1.807) is 11.8 Å². The van der Waals surface area contributed by atoms with Gasteiger partial charge in [-0.3, -0.25) is 9.59 Å². The molecule has 3 rings (SSSR count). The number of thioether (sulfide) groups is 1. The highest BCUT2D eigenvalue weighted by Gasteiger charge is 2.27. The van der Waals surface area contributed by atoms with Crippen LogP contribution in [-0.2, 0) is 9.59 Å². The van der Waals surface area contributed by atoms with Gasteiger partial charge in [-0.1, -0.05) is 25.0 Å². The van der Waals surface area contributed by atoms with E-state index in [1.807, 2.05) is 24.3 Å². The molecule has 1 aliphatic heterocycles. The van der Waals surface area contributed by atoms with Crippen LogP contribution in [0.5, 0.6) is 0 Å². The van der Waals surface area contributed by atoms with Crippen molar-refractivity contribution in [3.8, 4) is 0 Å². The summed E-state index contributed by atoms with van der Waals surface area (Å²) in [6.07, 6.45) is 4.81. The molecule has 1 aromatic rings. The summed E-state index contributed by atoms with van der Waals surface area (Å²) in [6, 6.07) is 8.09. The number of carbonyl (C=O) groups is 2. The summed E-state index contributed by atoms with van der Waals surface area (Å²) < 4.78 is 0. The average molecular weight is 304 g/mol. The number of hydrogen-bond donors (Lipinski definition) is 2. The minimum absolute atomic E-state index is 0.00797. The summed E-state index contributed by atoms with van der Waals surface area (Å²) in [7, 11) is 0. The van der Waals surface area contributed by atoms with E-state index in [9.17, 15) is 9.59 Å². The molecule has 21 heavy (non-hydrogen) atoms. The third-order valence-corrected chi connectivity index (χ3v) is 5.34. The summed E-state index contributed by atoms with van der Waals surface area (Å²) >= 11 is 1.64. The first-order valence-electron chi connectivity index (χ1n) is 7.54. The van der Waals surface area contributed by atoms with Crippen LogP contribution in [0.2, 0.25) is 0 Å². The van der Waals surface area contributed by atoms with Crippen LogP contribution < -0.4 is 10.6 Å². The van der Waals surface area contributed by atoms with Crippen molar-refractivity contribution in [2.24, 2.45) is 5.92 Å². The number of para-hydroxylation sites is 1. The van der Waals surface area contributed by atoms with Crippen molar-refractivity contribution in [3.05, 3.63) is 24.3 Å². The second-order valence-corrected chi connectivity index (χ2v) is 6.81. The zero-order valence-electron chi connectivity index (χ0n) is 11.9. The highest BCUT2D eigenvalue weighted by Crippen LogP contribution is 2.33. The van der Waals surface area contributed by atoms with Gasteiger partial charge in [0.25, 0.3) is 0 Å². The van der Waals surface area contributed by atoms with Gasteiger partial charge in [-0.25, -0.2) is 0 Å². The highest BCUT2D eigenvalue weighted by molar-refractivity contribution is 7.99. The molecule has 1 fully saturated rings. The molecule has 5 heteroatoms. The molecule has 1 aromatic carbocycles. The minimum atomic E-state index is -0.260. The lowest BCUT2D eigenvalue weighted by atomic mass is 10.1. The number of rotatable bonds is 3. The van der Waals surface area contributed by atoms with Gasteiger partial charge in [-0.05, 0) is 25.0 Å². The number of benzene rings is 1. The smallest absolute Gasteiger partial charge is 0.228 e. The number of carbonyl (C=O) groups excluding carboxylic acids is 2. The summed E-state index contributed by atoms with van der Waals surface area (Å²) in [5.41, 5.74) is 0.853. The fourth-order valence-corrected chi connectivity index (χ4v) is 4.03. The normalized spacial score (nSPS) is 22.3. The first kappa shape index (κ1) is 14.4. The molecule has 1 saturated carbocycles.